The summed E-state index contributed by atoms with van der Waals surface area (Å²) >= 11 is 0. The average molecular weight is 293 g/mol. The van der Waals surface area contributed by atoms with Gasteiger partial charge in [0, 0.05) is 34.4 Å². The van der Waals surface area contributed by atoms with E-state index in [9.17, 15) is 0 Å². The van der Waals surface area contributed by atoms with E-state index >= 15 is 0 Å². The van der Waals surface area contributed by atoms with Crippen LogP contribution >= 0.6 is 0 Å². The Kier molecular flexibility index (Phi) is 3.83. The lowest BCUT2D eigenvalue weighted by Gasteiger charge is -2.14. The molecule has 4 nitrogen and oxygen atoms in total. The van der Waals surface area contributed by atoms with Gasteiger partial charge in [0.1, 0.15) is 5.75 Å². The minimum Gasteiger partial charge on any atom is -0.438 e. The fraction of sp³-hybridized carbons (Fsp3) is 0.167. The number of rotatable bonds is 4. The van der Waals surface area contributed by atoms with Crippen LogP contribution in [-0.4, -0.2) is 11.0 Å². The van der Waals surface area contributed by atoms with Crippen LogP contribution in [0.4, 0.5) is 11.4 Å². The van der Waals surface area contributed by atoms with Gasteiger partial charge in [-0.3, -0.25) is 0 Å². The van der Waals surface area contributed by atoms with Gasteiger partial charge in [0.25, 0.3) is 0 Å². The highest BCUT2D eigenvalue weighted by molar-refractivity contribution is 5.96. The number of nitrogens with zero attached hydrogens (tertiary/aromatic N) is 1. The van der Waals surface area contributed by atoms with Gasteiger partial charge in [0.2, 0.25) is 5.88 Å². The molecular weight excluding hydrogens is 274 g/mol. The van der Waals surface area contributed by atoms with Crippen LogP contribution < -0.4 is 15.8 Å². The first kappa shape index (κ1) is 14.2. The molecule has 3 aromatic rings. The van der Waals surface area contributed by atoms with Crippen molar-refractivity contribution in [3.8, 4) is 11.6 Å². The Morgan fingerprint density at radius 2 is 1.77 bits per heavy atom. The van der Waals surface area contributed by atoms with E-state index in [1.54, 1.807) is 6.20 Å². The highest BCUT2D eigenvalue weighted by Crippen LogP contribution is 2.32. The van der Waals surface area contributed by atoms with Gasteiger partial charge in [-0.05, 0) is 56.3 Å². The number of nitrogens with two attached hydrogens (primary N) is 1. The zero-order chi connectivity index (χ0) is 15.5. The molecule has 1 heterocycles. The Balaban J connectivity index is 2.01. The van der Waals surface area contributed by atoms with Gasteiger partial charge >= 0.3 is 0 Å². The summed E-state index contributed by atoms with van der Waals surface area (Å²) in [6, 6.07) is 15.7. The minimum absolute atomic E-state index is 0.361. The number of hydrogen-bond donors (Lipinski definition) is 2. The van der Waals surface area contributed by atoms with E-state index in [0.29, 0.717) is 17.6 Å². The second kappa shape index (κ2) is 5.93. The van der Waals surface area contributed by atoms with Crippen LogP contribution in [0.5, 0.6) is 11.6 Å². The second-order valence-electron chi connectivity index (χ2n) is 5.49. The highest BCUT2D eigenvalue weighted by atomic mass is 16.5. The third-order valence-corrected chi connectivity index (χ3v) is 3.31. The van der Waals surface area contributed by atoms with E-state index in [1.807, 2.05) is 42.5 Å². The molecule has 0 saturated heterocycles. The number of benzene rings is 2. The maximum Gasteiger partial charge on any atom is 0.227 e. The number of fused-ring (bicyclic) bond motifs is 1. The number of hydrogen-bond acceptors (Lipinski definition) is 4. The summed E-state index contributed by atoms with van der Waals surface area (Å²) in [6.45, 7) is 4.23. The fourth-order valence-electron chi connectivity index (χ4n) is 2.35. The van der Waals surface area contributed by atoms with Crippen molar-refractivity contribution in [2.75, 3.05) is 11.1 Å². The summed E-state index contributed by atoms with van der Waals surface area (Å²) in [5, 5.41) is 5.52. The molecule has 3 rings (SSSR count). The first-order valence-electron chi connectivity index (χ1n) is 7.31. The molecule has 4 heteroatoms. The molecule has 2 aromatic carbocycles. The number of anilines is 2. The average Bonchev–Trinajstić information content (AvgIpc) is 2.50. The quantitative estimate of drug-likeness (QED) is 0.699. The topological polar surface area (TPSA) is 60.2 Å². The van der Waals surface area contributed by atoms with E-state index < -0.39 is 0 Å². The highest BCUT2D eigenvalue weighted by Gasteiger charge is 2.08. The van der Waals surface area contributed by atoms with E-state index in [4.69, 9.17) is 10.5 Å². The molecule has 3 N–H and O–H groups in total. The third-order valence-electron chi connectivity index (χ3n) is 3.31. The zero-order valence-electron chi connectivity index (χ0n) is 12.7. The first-order chi connectivity index (χ1) is 10.6. The van der Waals surface area contributed by atoms with Gasteiger partial charge in [-0.2, -0.15) is 0 Å². The van der Waals surface area contributed by atoms with Crippen LogP contribution in [0.25, 0.3) is 10.8 Å². The van der Waals surface area contributed by atoms with Crippen molar-refractivity contribution in [1.29, 1.82) is 0 Å². The molecular formula is C18H19N3O. The predicted molar refractivity (Wildman–Crippen MR) is 91.4 cm³/mol. The molecule has 0 saturated carbocycles. The molecule has 0 radical (unpaired) electrons. The van der Waals surface area contributed by atoms with Crippen molar-refractivity contribution in [2.45, 2.75) is 19.9 Å². The lowest BCUT2D eigenvalue weighted by molar-refractivity contribution is 0.469. The van der Waals surface area contributed by atoms with Crippen LogP contribution in [0.3, 0.4) is 0 Å². The number of nitrogens with one attached hydrogen (secondary N) is 1. The van der Waals surface area contributed by atoms with Crippen LogP contribution in [0.15, 0.2) is 54.7 Å². The van der Waals surface area contributed by atoms with Crippen molar-refractivity contribution in [2.24, 2.45) is 0 Å². The summed E-state index contributed by atoms with van der Waals surface area (Å²) in [5.41, 5.74) is 7.49. The number of nitrogen functional groups attached to an aromatic ring is 1. The van der Waals surface area contributed by atoms with Crippen molar-refractivity contribution in [3.63, 3.8) is 0 Å². The molecule has 112 valence electrons. The maximum atomic E-state index is 5.91. The van der Waals surface area contributed by atoms with Crippen LogP contribution in [0.2, 0.25) is 0 Å². The van der Waals surface area contributed by atoms with Crippen molar-refractivity contribution in [3.05, 3.63) is 54.7 Å². The standard InChI is InChI=1S/C18H19N3O/c1-12(2)21-17-5-3-4-16-15(17)10-11-20-18(16)22-14-8-6-13(19)7-9-14/h3-12,21H,19H2,1-2H3. The second-order valence-corrected chi connectivity index (χ2v) is 5.49. The smallest absolute Gasteiger partial charge is 0.227 e. The third kappa shape index (κ3) is 2.96. The molecule has 0 amide bonds. The molecule has 1 aromatic heterocycles. The molecule has 0 aliphatic rings. The summed E-state index contributed by atoms with van der Waals surface area (Å²) in [7, 11) is 0. The zero-order valence-corrected chi connectivity index (χ0v) is 12.7. The first-order valence-corrected chi connectivity index (χ1v) is 7.31. The molecule has 22 heavy (non-hydrogen) atoms. The fourth-order valence-corrected chi connectivity index (χ4v) is 2.35. The van der Waals surface area contributed by atoms with E-state index in [-0.39, 0.29) is 0 Å². The normalized spacial score (nSPS) is 10.9. The van der Waals surface area contributed by atoms with Gasteiger partial charge in [-0.15, -0.1) is 0 Å². The number of aromatic nitrogens is 1. The lowest BCUT2D eigenvalue weighted by Crippen LogP contribution is -2.09. The van der Waals surface area contributed by atoms with Gasteiger partial charge in [0.15, 0.2) is 0 Å². The molecule has 0 unspecified atom stereocenters. The number of pyridine rings is 1. The minimum atomic E-state index is 0.361. The van der Waals surface area contributed by atoms with Crippen LogP contribution in [0.1, 0.15) is 13.8 Å². The Morgan fingerprint density at radius 1 is 1.00 bits per heavy atom. The van der Waals surface area contributed by atoms with Gasteiger partial charge in [0.05, 0.1) is 0 Å². The molecule has 0 aliphatic heterocycles. The van der Waals surface area contributed by atoms with Gasteiger partial charge in [-0.25, -0.2) is 4.98 Å². The Labute approximate surface area is 129 Å². The van der Waals surface area contributed by atoms with Crippen LogP contribution in [-0.2, 0) is 0 Å². The molecule has 0 atom stereocenters. The SMILES string of the molecule is CC(C)Nc1cccc2c(Oc3ccc(N)cc3)nccc12. The van der Waals surface area contributed by atoms with Crippen molar-refractivity contribution in [1.82, 2.24) is 4.98 Å². The molecule has 0 bridgehead atoms. The molecule has 0 fully saturated rings. The Morgan fingerprint density at radius 3 is 2.50 bits per heavy atom. The Bertz CT molecular complexity index is 782. The van der Waals surface area contributed by atoms with Crippen molar-refractivity contribution < 1.29 is 4.74 Å². The monoisotopic (exact) mass is 293 g/mol. The summed E-state index contributed by atoms with van der Waals surface area (Å²) in [4.78, 5) is 4.36. The summed E-state index contributed by atoms with van der Waals surface area (Å²) in [5.74, 6) is 1.31. The van der Waals surface area contributed by atoms with E-state index in [2.05, 4.69) is 30.2 Å². The van der Waals surface area contributed by atoms with E-state index in [0.717, 1.165) is 22.2 Å². The Hall–Kier alpha value is -2.75. The summed E-state index contributed by atoms with van der Waals surface area (Å²) in [6.07, 6.45) is 1.76. The van der Waals surface area contributed by atoms with Crippen molar-refractivity contribution >= 4 is 22.1 Å². The lowest BCUT2D eigenvalue weighted by atomic mass is 10.1. The van der Waals surface area contributed by atoms with E-state index in [1.165, 1.54) is 0 Å². The van der Waals surface area contributed by atoms with Gasteiger partial charge < -0.3 is 15.8 Å². The molecule has 0 aliphatic carbocycles. The summed E-state index contributed by atoms with van der Waals surface area (Å²) < 4.78 is 5.91. The largest absolute Gasteiger partial charge is 0.438 e. The maximum absolute atomic E-state index is 5.91. The van der Waals surface area contributed by atoms with Crippen LogP contribution in [0, 0.1) is 0 Å². The van der Waals surface area contributed by atoms with Gasteiger partial charge in [-0.1, -0.05) is 6.07 Å². The molecule has 0 spiro atoms. The predicted octanol–water partition coefficient (Wildman–Crippen LogP) is 4.43. The number of ether oxygens (including phenoxy) is 1.